The van der Waals surface area contributed by atoms with E-state index in [-0.39, 0.29) is 5.70 Å². The number of halogens is 1. The first-order valence-electron chi connectivity index (χ1n) is 12.6. The molecule has 0 radical (unpaired) electrons. The smallest absolute Gasteiger partial charge is 0.329 e. The second kappa shape index (κ2) is 12.1. The van der Waals surface area contributed by atoms with E-state index in [9.17, 15) is 14.4 Å². The number of carbonyl (C=O) groups excluding carboxylic acids is 3. The van der Waals surface area contributed by atoms with Crippen LogP contribution in [0.3, 0.4) is 0 Å². The molecule has 9 nitrogen and oxygen atoms in total. The Bertz CT molecular complexity index is 1680. The van der Waals surface area contributed by atoms with Gasteiger partial charge in [0, 0.05) is 4.47 Å². The number of nitrogens with one attached hydrogen (secondary N) is 2. The molecule has 0 aromatic heterocycles. The molecular weight excluding hydrogens is 590 g/mol. The summed E-state index contributed by atoms with van der Waals surface area (Å²) in [6, 6.07) is 23.7. The minimum absolute atomic E-state index is 0.0206. The zero-order chi connectivity index (χ0) is 28.9. The van der Waals surface area contributed by atoms with Crippen molar-refractivity contribution in [2.45, 2.75) is 6.61 Å². The van der Waals surface area contributed by atoms with E-state index in [2.05, 4.69) is 44.8 Å². The van der Waals surface area contributed by atoms with Gasteiger partial charge in [-0.2, -0.15) is 0 Å². The van der Waals surface area contributed by atoms with Gasteiger partial charge in [0.1, 0.15) is 24.6 Å². The van der Waals surface area contributed by atoms with Crippen LogP contribution in [0.5, 0.6) is 17.2 Å². The predicted octanol–water partition coefficient (Wildman–Crippen LogP) is 5.73. The summed E-state index contributed by atoms with van der Waals surface area (Å²) in [4.78, 5) is 39.0. The maximum Gasteiger partial charge on any atom is 0.329 e. The lowest BCUT2D eigenvalue weighted by Crippen LogP contribution is -2.38. The normalized spacial score (nSPS) is 13.8. The van der Waals surface area contributed by atoms with Gasteiger partial charge < -0.3 is 24.8 Å². The summed E-state index contributed by atoms with van der Waals surface area (Å²) < 4.78 is 17.5. The second-order valence-corrected chi connectivity index (χ2v) is 9.93. The number of benzene rings is 4. The molecule has 41 heavy (non-hydrogen) atoms. The summed E-state index contributed by atoms with van der Waals surface area (Å²) in [6.07, 6.45) is 1.51. The van der Waals surface area contributed by atoms with Gasteiger partial charge in [0.05, 0.1) is 19.9 Å². The van der Waals surface area contributed by atoms with Gasteiger partial charge in [0.15, 0.2) is 11.5 Å². The first-order chi connectivity index (χ1) is 19.9. The van der Waals surface area contributed by atoms with Crippen molar-refractivity contribution in [1.29, 1.82) is 0 Å². The fourth-order valence-electron chi connectivity index (χ4n) is 4.46. The van der Waals surface area contributed by atoms with Gasteiger partial charge >= 0.3 is 6.03 Å². The first kappa shape index (κ1) is 27.7. The number of carbonyl (C=O) groups is 3. The topological polar surface area (TPSA) is 106 Å². The van der Waals surface area contributed by atoms with Crippen LogP contribution in [0.15, 0.2) is 89.0 Å². The molecule has 4 aromatic carbocycles. The number of hydrogen-bond acceptors (Lipinski definition) is 6. The maximum atomic E-state index is 13.0. The Morgan fingerprint density at radius 3 is 2.46 bits per heavy atom. The molecule has 2 N–H and O–H groups in total. The molecule has 1 heterocycles. The number of amides is 4. The largest absolute Gasteiger partial charge is 0.495 e. The van der Waals surface area contributed by atoms with Crippen molar-refractivity contribution >= 4 is 56.3 Å². The highest BCUT2D eigenvalue weighted by Crippen LogP contribution is 2.36. The van der Waals surface area contributed by atoms with E-state index in [0.717, 1.165) is 21.2 Å². The predicted molar refractivity (Wildman–Crippen MR) is 159 cm³/mol. The summed E-state index contributed by atoms with van der Waals surface area (Å²) in [5.74, 6) is 0.236. The van der Waals surface area contributed by atoms with E-state index in [0.29, 0.717) is 39.6 Å². The molecule has 10 heteroatoms. The lowest BCUT2D eigenvalue weighted by atomic mass is 10.1. The quantitative estimate of drug-likeness (QED) is 0.184. The standard InChI is InChI=1S/C31H26BrN3O6/c1-39-26-13-6-5-12-24(26)33-29(36)17-35-30(37)25(34-31(35)38)14-21-15-27(40-2)28(16-23(21)32)41-18-20-10-7-9-19-8-3-4-11-22(19)20/h3-16H,17-18H2,1-2H3,(H,33,36)(H,34,38)/b25-14+. The lowest BCUT2D eigenvalue weighted by Gasteiger charge is -2.14. The summed E-state index contributed by atoms with van der Waals surface area (Å²) in [7, 11) is 3.01. The van der Waals surface area contributed by atoms with Crippen molar-refractivity contribution in [3.8, 4) is 17.2 Å². The summed E-state index contributed by atoms with van der Waals surface area (Å²) in [5.41, 5.74) is 2.05. The third-order valence-corrected chi connectivity index (χ3v) is 7.18. The van der Waals surface area contributed by atoms with E-state index >= 15 is 0 Å². The molecule has 208 valence electrons. The van der Waals surface area contributed by atoms with E-state index < -0.39 is 24.4 Å². The molecule has 5 rings (SSSR count). The van der Waals surface area contributed by atoms with E-state index in [1.54, 1.807) is 36.4 Å². The second-order valence-electron chi connectivity index (χ2n) is 9.08. The fourth-order valence-corrected chi connectivity index (χ4v) is 4.90. The SMILES string of the molecule is COc1ccccc1NC(=O)CN1C(=O)N/C(=C/c2cc(OC)c(OCc3cccc4ccccc34)cc2Br)C1=O. The van der Waals surface area contributed by atoms with Gasteiger partial charge in [-0.05, 0) is 52.2 Å². The minimum atomic E-state index is -0.699. The molecule has 0 atom stereocenters. The Morgan fingerprint density at radius 1 is 0.927 bits per heavy atom. The highest BCUT2D eigenvalue weighted by Gasteiger charge is 2.35. The van der Waals surface area contributed by atoms with Crippen LogP contribution in [0.2, 0.25) is 0 Å². The number of methoxy groups -OCH3 is 2. The van der Waals surface area contributed by atoms with Crippen molar-refractivity contribution in [1.82, 2.24) is 10.2 Å². The van der Waals surface area contributed by atoms with Crippen molar-refractivity contribution in [3.63, 3.8) is 0 Å². The fraction of sp³-hybridized carbons (Fsp3) is 0.129. The first-order valence-corrected chi connectivity index (χ1v) is 13.4. The average molecular weight is 616 g/mol. The molecule has 4 aromatic rings. The average Bonchev–Trinajstić information content (AvgIpc) is 3.24. The number of urea groups is 1. The Morgan fingerprint density at radius 2 is 1.66 bits per heavy atom. The molecule has 0 unspecified atom stereocenters. The molecule has 1 aliphatic rings. The Labute approximate surface area is 244 Å². The monoisotopic (exact) mass is 615 g/mol. The molecule has 4 amide bonds. The van der Waals surface area contributed by atoms with Crippen LogP contribution in [-0.2, 0) is 16.2 Å². The van der Waals surface area contributed by atoms with Crippen molar-refractivity contribution in [2.24, 2.45) is 0 Å². The van der Waals surface area contributed by atoms with Gasteiger partial charge in [0.2, 0.25) is 5.91 Å². The molecule has 0 bridgehead atoms. The molecular formula is C31H26BrN3O6. The number of hydrogen-bond donors (Lipinski definition) is 2. The molecule has 1 aliphatic heterocycles. The van der Waals surface area contributed by atoms with Crippen LogP contribution < -0.4 is 24.8 Å². The lowest BCUT2D eigenvalue weighted by molar-refractivity contribution is -0.127. The third-order valence-electron chi connectivity index (χ3n) is 6.49. The summed E-state index contributed by atoms with van der Waals surface area (Å²) in [6.45, 7) is -0.142. The highest BCUT2D eigenvalue weighted by atomic mass is 79.9. The number of anilines is 1. The summed E-state index contributed by atoms with van der Waals surface area (Å²) >= 11 is 3.53. The van der Waals surface area contributed by atoms with Crippen LogP contribution >= 0.6 is 15.9 Å². The van der Waals surface area contributed by atoms with E-state index in [4.69, 9.17) is 14.2 Å². The van der Waals surface area contributed by atoms with Gasteiger partial charge in [-0.15, -0.1) is 0 Å². The Balaban J connectivity index is 1.31. The number of ether oxygens (including phenoxy) is 3. The molecule has 0 saturated carbocycles. The van der Waals surface area contributed by atoms with Crippen molar-refractivity contribution in [3.05, 3.63) is 100 Å². The van der Waals surface area contributed by atoms with Gasteiger partial charge in [-0.3, -0.25) is 9.59 Å². The van der Waals surface area contributed by atoms with Gasteiger partial charge in [-0.1, -0.05) is 70.5 Å². The number of imide groups is 1. The minimum Gasteiger partial charge on any atom is -0.495 e. The molecule has 0 aliphatic carbocycles. The van der Waals surface area contributed by atoms with E-state index in [1.165, 1.54) is 20.3 Å². The van der Waals surface area contributed by atoms with Gasteiger partial charge in [0.25, 0.3) is 5.91 Å². The van der Waals surface area contributed by atoms with Crippen molar-refractivity contribution < 1.29 is 28.6 Å². The molecule has 1 saturated heterocycles. The Kier molecular flexibility index (Phi) is 8.21. The maximum absolute atomic E-state index is 13.0. The third kappa shape index (κ3) is 6.02. The van der Waals surface area contributed by atoms with Crippen LogP contribution in [0, 0.1) is 0 Å². The number of nitrogens with zero attached hydrogens (tertiary/aromatic N) is 1. The summed E-state index contributed by atoms with van der Waals surface area (Å²) in [5, 5.41) is 7.43. The highest BCUT2D eigenvalue weighted by molar-refractivity contribution is 9.10. The van der Waals surface area contributed by atoms with Crippen LogP contribution in [0.25, 0.3) is 16.8 Å². The number of fused-ring (bicyclic) bond motifs is 1. The zero-order valence-electron chi connectivity index (χ0n) is 22.3. The van der Waals surface area contributed by atoms with Crippen LogP contribution in [0.4, 0.5) is 10.5 Å². The van der Waals surface area contributed by atoms with Crippen LogP contribution in [-0.4, -0.2) is 43.5 Å². The molecule has 0 spiro atoms. The zero-order valence-corrected chi connectivity index (χ0v) is 23.9. The van der Waals surface area contributed by atoms with Crippen LogP contribution in [0.1, 0.15) is 11.1 Å². The number of rotatable bonds is 9. The molecule has 1 fully saturated rings. The van der Waals surface area contributed by atoms with Crippen molar-refractivity contribution in [2.75, 3.05) is 26.1 Å². The van der Waals surface area contributed by atoms with E-state index in [1.807, 2.05) is 24.3 Å². The number of para-hydroxylation sites is 2. The Hall–Kier alpha value is -4.83. The van der Waals surface area contributed by atoms with Gasteiger partial charge in [-0.25, -0.2) is 9.69 Å².